The van der Waals surface area contributed by atoms with Gasteiger partial charge >= 0.3 is 0 Å². The number of aromatic nitrogens is 3. The van der Waals surface area contributed by atoms with Gasteiger partial charge in [0.15, 0.2) is 11.5 Å². The van der Waals surface area contributed by atoms with E-state index in [1.54, 1.807) is 11.5 Å². The molecule has 176 valence electrons. The Hall–Kier alpha value is -2.49. The van der Waals surface area contributed by atoms with Crippen molar-refractivity contribution in [1.29, 1.82) is 0 Å². The van der Waals surface area contributed by atoms with Crippen molar-refractivity contribution in [3.05, 3.63) is 33.9 Å². The lowest BCUT2D eigenvalue weighted by atomic mass is 10.0. The maximum atomic E-state index is 13.3. The van der Waals surface area contributed by atoms with E-state index in [1.165, 1.54) is 0 Å². The van der Waals surface area contributed by atoms with Crippen LogP contribution in [0.5, 0.6) is 0 Å². The van der Waals surface area contributed by atoms with E-state index >= 15 is 0 Å². The van der Waals surface area contributed by atoms with E-state index in [0.717, 1.165) is 43.7 Å². The topological polar surface area (TPSA) is 114 Å². The number of rotatable bonds is 11. The Morgan fingerprint density at radius 1 is 1.25 bits per heavy atom. The molecule has 0 unspecified atom stereocenters. The van der Waals surface area contributed by atoms with Crippen molar-refractivity contribution in [3.63, 3.8) is 0 Å². The number of pyridine rings is 1. The van der Waals surface area contributed by atoms with Crippen LogP contribution in [0.3, 0.4) is 0 Å². The summed E-state index contributed by atoms with van der Waals surface area (Å²) in [4.78, 5) is 27.6. The third-order valence-corrected chi connectivity index (χ3v) is 5.76. The number of allylic oxidation sites excluding steroid dienone is 2. The Labute approximate surface area is 188 Å². The van der Waals surface area contributed by atoms with Gasteiger partial charge < -0.3 is 19.6 Å². The van der Waals surface area contributed by atoms with E-state index in [-0.39, 0.29) is 5.56 Å². The molecule has 0 amide bonds. The number of hydrogen-bond donors (Lipinski definition) is 2. The minimum absolute atomic E-state index is 0.192. The first-order valence-electron chi connectivity index (χ1n) is 11.5. The van der Waals surface area contributed by atoms with E-state index in [2.05, 4.69) is 17.2 Å². The molecule has 3 heterocycles. The van der Waals surface area contributed by atoms with Crippen molar-refractivity contribution in [2.24, 2.45) is 11.8 Å². The largest absolute Gasteiger partial charge is 0.416 e. The molecule has 1 fully saturated rings. The smallest absolute Gasteiger partial charge is 0.295 e. The number of hydrogen-bond acceptors (Lipinski definition) is 8. The first-order valence-corrected chi connectivity index (χ1v) is 11.5. The minimum Gasteiger partial charge on any atom is -0.416 e. The summed E-state index contributed by atoms with van der Waals surface area (Å²) < 4.78 is 12.7. The maximum absolute atomic E-state index is 13.3. The molecule has 1 saturated heterocycles. The molecule has 3 N–H and O–H groups in total. The van der Waals surface area contributed by atoms with Crippen LogP contribution in [0, 0.1) is 5.92 Å². The lowest BCUT2D eigenvalue weighted by Crippen LogP contribution is -2.30. The van der Waals surface area contributed by atoms with Gasteiger partial charge in [0.25, 0.3) is 5.56 Å². The number of nitrogens with zero attached hydrogens (tertiary/aromatic N) is 3. The first-order chi connectivity index (χ1) is 15.6. The molecule has 0 aromatic carbocycles. The van der Waals surface area contributed by atoms with Gasteiger partial charge in [0.1, 0.15) is 11.3 Å². The fourth-order valence-electron chi connectivity index (χ4n) is 3.89. The van der Waals surface area contributed by atoms with Crippen molar-refractivity contribution in [2.75, 3.05) is 38.3 Å². The molecule has 3 rings (SSSR count). The molecule has 1 aliphatic heterocycles. The molecule has 0 radical (unpaired) electrons. The fourth-order valence-corrected chi connectivity index (χ4v) is 3.89. The lowest BCUT2D eigenvalue weighted by molar-refractivity contribution is 0.0699. The second-order valence-electron chi connectivity index (χ2n) is 8.01. The van der Waals surface area contributed by atoms with Crippen LogP contribution in [0.25, 0.3) is 16.7 Å². The zero-order chi connectivity index (χ0) is 22.9. The molecule has 9 heteroatoms. The average Bonchev–Trinajstić information content (AvgIpc) is 2.82. The highest BCUT2D eigenvalue weighted by Crippen LogP contribution is 2.23. The molecular weight excluding hydrogens is 410 g/mol. The van der Waals surface area contributed by atoms with Crippen molar-refractivity contribution in [3.8, 4) is 0 Å². The van der Waals surface area contributed by atoms with Gasteiger partial charge in [-0.1, -0.05) is 13.8 Å². The van der Waals surface area contributed by atoms with Crippen molar-refractivity contribution >= 4 is 22.6 Å². The summed E-state index contributed by atoms with van der Waals surface area (Å²) in [6, 6.07) is 3.78. The van der Waals surface area contributed by atoms with E-state index in [4.69, 9.17) is 25.2 Å². The predicted molar refractivity (Wildman–Crippen MR) is 125 cm³/mol. The van der Waals surface area contributed by atoms with Crippen molar-refractivity contribution in [2.45, 2.75) is 53.0 Å². The van der Waals surface area contributed by atoms with Crippen LogP contribution < -0.4 is 16.8 Å². The van der Waals surface area contributed by atoms with Gasteiger partial charge in [0.2, 0.25) is 0 Å². The first kappa shape index (κ1) is 24.2. The summed E-state index contributed by atoms with van der Waals surface area (Å²) in [5, 5.41) is 3.28. The normalized spacial score (nSPS) is 15.6. The van der Waals surface area contributed by atoms with Gasteiger partial charge in [-0.3, -0.25) is 9.36 Å². The molecular formula is C23H35N5O4. The van der Waals surface area contributed by atoms with Crippen LogP contribution in [0.4, 0.5) is 5.82 Å². The number of nitrogens with two attached hydrogens (primary N) is 1. The standard InChI is InChI=1S/C23H35N5O4/c1-4-11-30-14-10-28-22-20(7-6-19(27-22)18(5-2)16(3)32-24)26-21(23(28)29)25-15-17-8-12-31-13-9-17/h6-7,17H,4-5,8-15,24H2,1-3H3,(H,25,26)/b18-16+. The van der Waals surface area contributed by atoms with Crippen molar-refractivity contribution < 1.29 is 14.3 Å². The second kappa shape index (κ2) is 11.9. The summed E-state index contributed by atoms with van der Waals surface area (Å²) in [7, 11) is 0. The highest BCUT2D eigenvalue weighted by atomic mass is 16.6. The van der Waals surface area contributed by atoms with Crippen LogP contribution in [-0.2, 0) is 20.9 Å². The minimum atomic E-state index is -0.192. The molecule has 0 bridgehead atoms. The molecule has 0 spiro atoms. The van der Waals surface area contributed by atoms with Crippen LogP contribution in [0.1, 0.15) is 52.1 Å². The zero-order valence-corrected chi connectivity index (χ0v) is 19.4. The van der Waals surface area contributed by atoms with Gasteiger partial charge in [0.05, 0.1) is 18.8 Å². The number of ether oxygens (including phenoxy) is 2. The SMILES string of the molecule is CCCOCCn1c(=O)c(NCC2CCOCC2)nc2ccc(/C(CC)=C(\C)ON)nc21. The molecule has 0 saturated carbocycles. The summed E-state index contributed by atoms with van der Waals surface area (Å²) >= 11 is 0. The van der Waals surface area contributed by atoms with Gasteiger partial charge in [-0.25, -0.2) is 9.97 Å². The number of anilines is 1. The van der Waals surface area contributed by atoms with Gasteiger partial charge in [-0.2, -0.15) is 5.90 Å². The van der Waals surface area contributed by atoms with E-state index in [1.807, 2.05) is 19.1 Å². The number of fused-ring (bicyclic) bond motifs is 1. The van der Waals surface area contributed by atoms with Gasteiger partial charge in [-0.05, 0) is 50.7 Å². The third-order valence-electron chi connectivity index (χ3n) is 5.76. The van der Waals surface area contributed by atoms with Gasteiger partial charge in [0, 0.05) is 31.9 Å². The molecule has 2 aromatic heterocycles. The fraction of sp³-hybridized carbons (Fsp3) is 0.609. The molecule has 32 heavy (non-hydrogen) atoms. The Bertz CT molecular complexity index is 982. The van der Waals surface area contributed by atoms with Crippen LogP contribution in [-0.4, -0.2) is 47.5 Å². The quantitative estimate of drug-likeness (QED) is 0.308. The highest BCUT2D eigenvalue weighted by molar-refractivity contribution is 5.76. The monoisotopic (exact) mass is 445 g/mol. The summed E-state index contributed by atoms with van der Waals surface area (Å²) in [5.74, 6) is 6.79. The maximum Gasteiger partial charge on any atom is 0.295 e. The van der Waals surface area contributed by atoms with Gasteiger partial charge in [-0.15, -0.1) is 0 Å². The highest BCUT2D eigenvalue weighted by Gasteiger charge is 2.18. The predicted octanol–water partition coefficient (Wildman–Crippen LogP) is 3.09. The molecule has 2 aromatic rings. The number of nitrogens with one attached hydrogen (secondary N) is 1. The van der Waals surface area contributed by atoms with Crippen LogP contribution in [0.15, 0.2) is 22.7 Å². The van der Waals surface area contributed by atoms with E-state index in [0.29, 0.717) is 61.4 Å². The Morgan fingerprint density at radius 2 is 2.03 bits per heavy atom. The van der Waals surface area contributed by atoms with E-state index < -0.39 is 0 Å². The average molecular weight is 446 g/mol. The Kier molecular flexibility index (Phi) is 9.01. The lowest BCUT2D eigenvalue weighted by Gasteiger charge is -2.22. The van der Waals surface area contributed by atoms with Crippen LogP contribution >= 0.6 is 0 Å². The Balaban J connectivity index is 1.98. The summed E-state index contributed by atoms with van der Waals surface area (Å²) in [5.41, 5.74) is 2.59. The summed E-state index contributed by atoms with van der Waals surface area (Å²) in [6.45, 7) is 9.59. The molecule has 0 atom stereocenters. The summed E-state index contributed by atoms with van der Waals surface area (Å²) in [6.07, 6.45) is 3.59. The second-order valence-corrected chi connectivity index (χ2v) is 8.01. The third kappa shape index (κ3) is 5.85. The molecule has 1 aliphatic rings. The van der Waals surface area contributed by atoms with Crippen LogP contribution in [0.2, 0.25) is 0 Å². The Morgan fingerprint density at radius 3 is 2.72 bits per heavy atom. The van der Waals surface area contributed by atoms with E-state index in [9.17, 15) is 4.79 Å². The molecule has 9 nitrogen and oxygen atoms in total. The zero-order valence-electron chi connectivity index (χ0n) is 19.4. The molecule has 0 aliphatic carbocycles. The van der Waals surface area contributed by atoms with Crippen molar-refractivity contribution in [1.82, 2.24) is 14.5 Å².